The van der Waals surface area contributed by atoms with Gasteiger partial charge in [-0.15, -0.1) is 0 Å². The number of aliphatic hydroxyl groups is 1. The van der Waals surface area contributed by atoms with E-state index >= 15 is 0 Å². The zero-order chi connectivity index (χ0) is 18.9. The molecule has 0 heterocycles. The third-order valence-electron chi connectivity index (χ3n) is 3.39. The summed E-state index contributed by atoms with van der Waals surface area (Å²) < 4.78 is 0. The standard InChI is InChI=1S/C16H21Cl2NO5S/c17-11-4-5-13(12(18)8-11)19-6-2-1-3-7-25-10-16(24,15(22)23)9-14(20)21/h4-5,8,19,24H,1-3,6-7,9-10H2,(H,20,21)(H,22,23). The third-order valence-corrected chi connectivity index (χ3v) is 5.20. The predicted molar refractivity (Wildman–Crippen MR) is 101 cm³/mol. The number of rotatable bonds is 12. The first kappa shape index (κ1) is 21.9. The molecular formula is C16H21Cl2NO5S. The fraction of sp³-hybridized carbons (Fsp3) is 0.500. The van der Waals surface area contributed by atoms with E-state index in [9.17, 15) is 14.7 Å². The molecule has 0 bridgehead atoms. The lowest BCUT2D eigenvalue weighted by atomic mass is 10.0. The van der Waals surface area contributed by atoms with Gasteiger partial charge in [-0.3, -0.25) is 4.79 Å². The Labute approximate surface area is 160 Å². The summed E-state index contributed by atoms with van der Waals surface area (Å²) in [6, 6.07) is 5.24. The average Bonchev–Trinajstić information content (AvgIpc) is 2.50. The Balaban J connectivity index is 2.17. The molecular weight excluding hydrogens is 389 g/mol. The Bertz CT molecular complexity index is 602. The molecule has 0 aromatic heterocycles. The number of hydrogen-bond acceptors (Lipinski definition) is 5. The fourth-order valence-electron chi connectivity index (χ4n) is 2.04. The maximum absolute atomic E-state index is 11.0. The largest absolute Gasteiger partial charge is 0.481 e. The van der Waals surface area contributed by atoms with E-state index in [1.807, 2.05) is 6.07 Å². The second-order valence-electron chi connectivity index (χ2n) is 5.57. The number of carbonyl (C=O) groups is 2. The Morgan fingerprint density at radius 3 is 2.48 bits per heavy atom. The van der Waals surface area contributed by atoms with Gasteiger partial charge in [-0.2, -0.15) is 11.8 Å². The first-order chi connectivity index (χ1) is 11.7. The van der Waals surface area contributed by atoms with Crippen molar-refractivity contribution in [3.63, 3.8) is 0 Å². The van der Waals surface area contributed by atoms with Crippen molar-refractivity contribution in [2.24, 2.45) is 0 Å². The van der Waals surface area contributed by atoms with Crippen molar-refractivity contribution < 1.29 is 24.9 Å². The van der Waals surface area contributed by atoms with E-state index in [-0.39, 0.29) is 5.75 Å². The molecule has 0 fully saturated rings. The van der Waals surface area contributed by atoms with Crippen LogP contribution in [0, 0.1) is 0 Å². The highest BCUT2D eigenvalue weighted by molar-refractivity contribution is 7.99. The van der Waals surface area contributed by atoms with E-state index < -0.39 is 24.0 Å². The predicted octanol–water partition coefficient (Wildman–Crippen LogP) is 3.60. The molecule has 0 saturated heterocycles. The number of thioether (sulfide) groups is 1. The molecule has 6 nitrogen and oxygen atoms in total. The minimum absolute atomic E-state index is 0.146. The zero-order valence-corrected chi connectivity index (χ0v) is 15.8. The summed E-state index contributed by atoms with van der Waals surface area (Å²) in [5, 5.41) is 31.8. The van der Waals surface area contributed by atoms with Crippen LogP contribution in [0.4, 0.5) is 5.69 Å². The molecule has 0 saturated carbocycles. The van der Waals surface area contributed by atoms with Gasteiger partial charge in [0, 0.05) is 17.3 Å². The Kier molecular flexibility index (Phi) is 9.42. The molecule has 9 heteroatoms. The van der Waals surface area contributed by atoms with Crippen molar-refractivity contribution >= 4 is 52.6 Å². The van der Waals surface area contributed by atoms with Crippen molar-refractivity contribution in [2.75, 3.05) is 23.4 Å². The number of hydrogen-bond donors (Lipinski definition) is 4. The van der Waals surface area contributed by atoms with Crippen molar-refractivity contribution in [3.8, 4) is 0 Å². The molecule has 1 aromatic rings. The van der Waals surface area contributed by atoms with Crippen LogP contribution >= 0.6 is 35.0 Å². The summed E-state index contributed by atoms with van der Waals surface area (Å²) in [6.45, 7) is 0.740. The molecule has 1 unspecified atom stereocenters. The smallest absolute Gasteiger partial charge is 0.337 e. The number of carboxylic acid groups (broad SMARTS) is 2. The molecule has 4 N–H and O–H groups in total. The summed E-state index contributed by atoms with van der Waals surface area (Å²) in [4.78, 5) is 21.6. The highest BCUT2D eigenvalue weighted by atomic mass is 35.5. The topological polar surface area (TPSA) is 107 Å². The van der Waals surface area contributed by atoms with E-state index in [0.29, 0.717) is 15.8 Å². The second-order valence-corrected chi connectivity index (χ2v) is 7.52. The van der Waals surface area contributed by atoms with Crippen LogP contribution in [0.3, 0.4) is 0 Å². The van der Waals surface area contributed by atoms with Crippen LogP contribution in [0.1, 0.15) is 25.7 Å². The quantitative estimate of drug-likeness (QED) is 0.390. The summed E-state index contributed by atoms with van der Waals surface area (Å²) in [5.74, 6) is -2.34. The number of aliphatic carboxylic acids is 2. The van der Waals surface area contributed by atoms with Gasteiger partial charge in [-0.05, 0) is 36.8 Å². The summed E-state index contributed by atoms with van der Waals surface area (Å²) in [6.07, 6.45) is 1.85. The maximum Gasteiger partial charge on any atom is 0.337 e. The van der Waals surface area contributed by atoms with Crippen molar-refractivity contribution in [1.29, 1.82) is 0 Å². The highest BCUT2D eigenvalue weighted by Gasteiger charge is 2.38. The maximum atomic E-state index is 11.0. The molecule has 0 aliphatic carbocycles. The average molecular weight is 410 g/mol. The van der Waals surface area contributed by atoms with E-state index in [1.54, 1.807) is 12.1 Å². The monoisotopic (exact) mass is 409 g/mol. The summed E-state index contributed by atoms with van der Waals surface area (Å²) in [5.41, 5.74) is -1.40. The molecule has 0 aliphatic rings. The molecule has 0 radical (unpaired) electrons. The Hall–Kier alpha value is -1.15. The van der Waals surface area contributed by atoms with Crippen LogP contribution in [-0.4, -0.2) is 50.9 Å². The van der Waals surface area contributed by atoms with Crippen LogP contribution in [0.2, 0.25) is 10.0 Å². The van der Waals surface area contributed by atoms with Gasteiger partial charge in [0.25, 0.3) is 0 Å². The van der Waals surface area contributed by atoms with Gasteiger partial charge in [0.1, 0.15) is 0 Å². The highest BCUT2D eigenvalue weighted by Crippen LogP contribution is 2.25. The molecule has 25 heavy (non-hydrogen) atoms. The molecule has 140 valence electrons. The minimum Gasteiger partial charge on any atom is -0.481 e. The third kappa shape index (κ3) is 8.18. The van der Waals surface area contributed by atoms with Crippen molar-refractivity contribution in [3.05, 3.63) is 28.2 Å². The van der Waals surface area contributed by atoms with Gasteiger partial charge >= 0.3 is 11.9 Å². The van der Waals surface area contributed by atoms with Gasteiger partial charge in [0.15, 0.2) is 5.60 Å². The molecule has 0 spiro atoms. The van der Waals surface area contributed by atoms with Crippen LogP contribution in [-0.2, 0) is 9.59 Å². The molecule has 0 amide bonds. The van der Waals surface area contributed by atoms with Crippen molar-refractivity contribution in [2.45, 2.75) is 31.3 Å². The number of carboxylic acids is 2. The number of benzene rings is 1. The molecule has 1 atom stereocenters. The summed E-state index contributed by atoms with van der Waals surface area (Å²) in [7, 11) is 0. The van der Waals surface area contributed by atoms with Crippen LogP contribution in [0.5, 0.6) is 0 Å². The van der Waals surface area contributed by atoms with Crippen LogP contribution < -0.4 is 5.32 Å². The fourth-order valence-corrected chi connectivity index (χ4v) is 3.63. The van der Waals surface area contributed by atoms with Gasteiger partial charge in [0.05, 0.1) is 17.1 Å². The molecule has 1 aromatic carbocycles. The second kappa shape index (κ2) is 10.8. The van der Waals surface area contributed by atoms with Crippen LogP contribution in [0.15, 0.2) is 18.2 Å². The lowest BCUT2D eigenvalue weighted by Crippen LogP contribution is -2.43. The normalized spacial score (nSPS) is 13.2. The SMILES string of the molecule is O=C(O)CC(O)(CSCCCCCNc1ccc(Cl)cc1Cl)C(=O)O. The zero-order valence-electron chi connectivity index (χ0n) is 13.5. The minimum atomic E-state index is -2.22. The Morgan fingerprint density at radius 1 is 1.16 bits per heavy atom. The van der Waals surface area contributed by atoms with E-state index in [1.165, 1.54) is 11.8 Å². The number of halogens is 2. The van der Waals surface area contributed by atoms with Crippen molar-refractivity contribution in [1.82, 2.24) is 0 Å². The first-order valence-electron chi connectivity index (χ1n) is 7.69. The van der Waals surface area contributed by atoms with E-state index in [4.69, 9.17) is 33.4 Å². The Morgan fingerprint density at radius 2 is 1.88 bits per heavy atom. The van der Waals surface area contributed by atoms with E-state index in [2.05, 4.69) is 5.32 Å². The summed E-state index contributed by atoms with van der Waals surface area (Å²) >= 11 is 13.1. The van der Waals surface area contributed by atoms with Gasteiger partial charge in [-0.1, -0.05) is 29.6 Å². The van der Waals surface area contributed by atoms with Gasteiger partial charge in [-0.25, -0.2) is 4.79 Å². The lowest BCUT2D eigenvalue weighted by Gasteiger charge is -2.20. The van der Waals surface area contributed by atoms with Gasteiger partial charge in [0.2, 0.25) is 0 Å². The van der Waals surface area contributed by atoms with Gasteiger partial charge < -0.3 is 20.6 Å². The number of anilines is 1. The number of unbranched alkanes of at least 4 members (excludes halogenated alkanes) is 2. The molecule has 0 aliphatic heterocycles. The van der Waals surface area contributed by atoms with E-state index in [0.717, 1.165) is 31.5 Å². The first-order valence-corrected chi connectivity index (χ1v) is 9.60. The number of nitrogens with one attached hydrogen (secondary N) is 1. The van der Waals surface area contributed by atoms with Crippen LogP contribution in [0.25, 0.3) is 0 Å². The lowest BCUT2D eigenvalue weighted by molar-refractivity contribution is -0.162. The molecule has 1 rings (SSSR count).